The summed E-state index contributed by atoms with van der Waals surface area (Å²) in [6, 6.07) is 9.97. The summed E-state index contributed by atoms with van der Waals surface area (Å²) in [5.41, 5.74) is 2.24. The summed E-state index contributed by atoms with van der Waals surface area (Å²) in [6.07, 6.45) is 0.847. The quantitative estimate of drug-likeness (QED) is 0.295. The van der Waals surface area contributed by atoms with Gasteiger partial charge in [0.25, 0.3) is 5.91 Å². The van der Waals surface area contributed by atoms with Gasteiger partial charge in [0.15, 0.2) is 5.84 Å². The minimum atomic E-state index is -0.631. The lowest BCUT2D eigenvalue weighted by Gasteiger charge is -2.27. The highest BCUT2D eigenvalue weighted by atomic mass is 16.5. The molecule has 0 saturated carbocycles. The molecule has 0 aliphatic carbocycles. The van der Waals surface area contributed by atoms with Gasteiger partial charge in [0.2, 0.25) is 0 Å². The summed E-state index contributed by atoms with van der Waals surface area (Å²) in [4.78, 5) is 16.3. The molecule has 0 spiro atoms. The van der Waals surface area contributed by atoms with Gasteiger partial charge < -0.3 is 20.3 Å². The van der Waals surface area contributed by atoms with Crippen LogP contribution in [0.2, 0.25) is 0 Å². The van der Waals surface area contributed by atoms with Crippen molar-refractivity contribution in [1.82, 2.24) is 10.2 Å². The Morgan fingerprint density at radius 3 is 2.28 bits per heavy atom. The van der Waals surface area contributed by atoms with Gasteiger partial charge in [0.1, 0.15) is 17.3 Å². The lowest BCUT2D eigenvalue weighted by atomic mass is 9.98. The molecule has 3 rings (SSSR count). The standard InChI is InChI=1S/C27H37N5O4/c1-17(2)21-15-22(24(34)16-23(21)33)25(28)32(26(29)27(35)30-18(3)4)20-7-5-19(6-8-20)9-10-31-11-13-36-14-12-31/h5-8,15-18,28-29,33-34H,9-14H2,1-4H3,(H,30,35). The van der Waals surface area contributed by atoms with Crippen LogP contribution in [0, 0.1) is 10.8 Å². The van der Waals surface area contributed by atoms with Crippen molar-refractivity contribution in [2.75, 3.05) is 37.7 Å². The molecule has 1 saturated heterocycles. The number of hydrogen-bond donors (Lipinski definition) is 5. The number of amidine groups is 2. The summed E-state index contributed by atoms with van der Waals surface area (Å²) >= 11 is 0. The maximum absolute atomic E-state index is 12.8. The molecule has 1 fully saturated rings. The van der Waals surface area contributed by atoms with Crippen molar-refractivity contribution in [2.45, 2.75) is 46.1 Å². The molecule has 2 aromatic rings. The first-order valence-corrected chi connectivity index (χ1v) is 12.3. The maximum atomic E-state index is 12.8. The van der Waals surface area contributed by atoms with Crippen LogP contribution in [0.25, 0.3) is 0 Å². The first-order chi connectivity index (χ1) is 17.1. The van der Waals surface area contributed by atoms with Crippen molar-refractivity contribution in [1.29, 1.82) is 10.8 Å². The summed E-state index contributed by atoms with van der Waals surface area (Å²) in [6.45, 7) is 11.6. The number of aromatic hydroxyl groups is 2. The molecule has 194 valence electrons. The Balaban J connectivity index is 1.91. The molecule has 1 heterocycles. The Bertz CT molecular complexity index is 1090. The van der Waals surface area contributed by atoms with Gasteiger partial charge in [-0.1, -0.05) is 26.0 Å². The number of nitrogens with zero attached hydrogens (tertiary/aromatic N) is 2. The average Bonchev–Trinajstić information content (AvgIpc) is 2.83. The number of carbonyl (C=O) groups excluding carboxylic acids is 1. The fourth-order valence-electron chi connectivity index (χ4n) is 4.09. The molecular formula is C27H37N5O4. The van der Waals surface area contributed by atoms with Gasteiger partial charge in [0, 0.05) is 37.4 Å². The van der Waals surface area contributed by atoms with Gasteiger partial charge in [-0.25, -0.2) is 0 Å². The van der Waals surface area contributed by atoms with Crippen LogP contribution in [-0.4, -0.2) is 71.6 Å². The smallest absolute Gasteiger partial charge is 0.287 e. The number of phenolic OH excluding ortho intramolecular Hbond substituents is 2. The van der Waals surface area contributed by atoms with Crippen LogP contribution < -0.4 is 10.2 Å². The third kappa shape index (κ3) is 6.61. The molecule has 1 aliphatic heterocycles. The number of nitrogens with one attached hydrogen (secondary N) is 3. The van der Waals surface area contributed by atoms with E-state index in [1.54, 1.807) is 26.0 Å². The Kier molecular flexibility index (Phi) is 9.06. The summed E-state index contributed by atoms with van der Waals surface area (Å²) in [5, 5.41) is 41.0. The van der Waals surface area contributed by atoms with Crippen LogP contribution in [-0.2, 0) is 16.0 Å². The zero-order valence-electron chi connectivity index (χ0n) is 21.5. The monoisotopic (exact) mass is 495 g/mol. The highest BCUT2D eigenvalue weighted by molar-refractivity contribution is 6.48. The fraction of sp³-hybridized carbons (Fsp3) is 0.444. The molecule has 9 nitrogen and oxygen atoms in total. The van der Waals surface area contributed by atoms with Crippen molar-refractivity contribution in [2.24, 2.45) is 0 Å². The van der Waals surface area contributed by atoms with Crippen LogP contribution in [0.4, 0.5) is 5.69 Å². The Hall–Kier alpha value is -3.43. The number of phenols is 2. The number of carbonyl (C=O) groups is 1. The van der Waals surface area contributed by atoms with Crippen LogP contribution in [0.5, 0.6) is 11.5 Å². The number of morpholine rings is 1. The number of rotatable bonds is 7. The first-order valence-electron chi connectivity index (χ1n) is 12.3. The largest absolute Gasteiger partial charge is 0.508 e. The van der Waals surface area contributed by atoms with Crippen LogP contribution >= 0.6 is 0 Å². The van der Waals surface area contributed by atoms with E-state index in [0.29, 0.717) is 11.3 Å². The molecule has 2 aromatic carbocycles. The molecule has 1 amide bonds. The van der Waals surface area contributed by atoms with Gasteiger partial charge >= 0.3 is 0 Å². The highest BCUT2D eigenvalue weighted by Gasteiger charge is 2.27. The molecular weight excluding hydrogens is 458 g/mol. The van der Waals surface area contributed by atoms with E-state index in [-0.39, 0.29) is 34.9 Å². The summed E-state index contributed by atoms with van der Waals surface area (Å²) in [5.74, 6) is -1.73. The molecule has 0 atom stereocenters. The van der Waals surface area contributed by atoms with E-state index < -0.39 is 11.7 Å². The third-order valence-electron chi connectivity index (χ3n) is 6.12. The fourth-order valence-corrected chi connectivity index (χ4v) is 4.09. The number of ether oxygens (including phenoxy) is 1. The number of hydrogen-bond acceptors (Lipinski definition) is 7. The van der Waals surface area contributed by atoms with Crippen molar-refractivity contribution in [3.05, 3.63) is 53.1 Å². The second kappa shape index (κ2) is 12.0. The third-order valence-corrected chi connectivity index (χ3v) is 6.12. The van der Waals surface area contributed by atoms with Crippen LogP contribution in [0.1, 0.15) is 50.3 Å². The molecule has 36 heavy (non-hydrogen) atoms. The summed E-state index contributed by atoms with van der Waals surface area (Å²) < 4.78 is 5.40. The van der Waals surface area contributed by atoms with Gasteiger partial charge in [-0.3, -0.25) is 25.4 Å². The molecule has 0 unspecified atom stereocenters. The van der Waals surface area contributed by atoms with Gasteiger partial charge in [-0.15, -0.1) is 0 Å². The van der Waals surface area contributed by atoms with E-state index in [4.69, 9.17) is 15.6 Å². The second-order valence-corrected chi connectivity index (χ2v) is 9.61. The van der Waals surface area contributed by atoms with Gasteiger partial charge in [-0.2, -0.15) is 0 Å². The van der Waals surface area contributed by atoms with Crippen molar-refractivity contribution >= 4 is 23.3 Å². The van der Waals surface area contributed by atoms with E-state index in [9.17, 15) is 15.0 Å². The van der Waals surface area contributed by atoms with E-state index in [0.717, 1.165) is 44.8 Å². The van der Waals surface area contributed by atoms with Crippen LogP contribution in [0.3, 0.4) is 0 Å². The minimum absolute atomic E-state index is 0.0555. The molecule has 0 radical (unpaired) electrons. The van der Waals surface area contributed by atoms with Crippen molar-refractivity contribution < 1.29 is 19.7 Å². The normalized spacial score (nSPS) is 14.2. The Labute approximate surface area is 212 Å². The van der Waals surface area contributed by atoms with Crippen molar-refractivity contribution in [3.8, 4) is 11.5 Å². The topological polar surface area (TPSA) is 133 Å². The van der Waals surface area contributed by atoms with Crippen molar-refractivity contribution in [3.63, 3.8) is 0 Å². The van der Waals surface area contributed by atoms with Gasteiger partial charge in [0.05, 0.1) is 18.8 Å². The lowest BCUT2D eigenvalue weighted by Crippen LogP contribution is -2.47. The lowest BCUT2D eigenvalue weighted by molar-refractivity contribution is -0.115. The number of anilines is 1. The predicted octanol–water partition coefficient (Wildman–Crippen LogP) is 3.43. The predicted molar refractivity (Wildman–Crippen MR) is 142 cm³/mol. The van der Waals surface area contributed by atoms with Gasteiger partial charge in [-0.05, 0) is 55.5 Å². The average molecular weight is 496 g/mol. The Morgan fingerprint density at radius 1 is 1.06 bits per heavy atom. The molecule has 0 aromatic heterocycles. The number of amides is 1. The zero-order valence-corrected chi connectivity index (χ0v) is 21.5. The summed E-state index contributed by atoms with van der Waals surface area (Å²) in [7, 11) is 0. The van der Waals surface area contributed by atoms with E-state index in [1.807, 2.05) is 26.0 Å². The highest BCUT2D eigenvalue weighted by Crippen LogP contribution is 2.33. The maximum Gasteiger partial charge on any atom is 0.287 e. The number of benzene rings is 2. The molecule has 0 bridgehead atoms. The van der Waals surface area contributed by atoms with E-state index in [1.165, 1.54) is 17.0 Å². The van der Waals surface area contributed by atoms with Crippen LogP contribution in [0.15, 0.2) is 36.4 Å². The van der Waals surface area contributed by atoms with E-state index in [2.05, 4.69) is 10.2 Å². The Morgan fingerprint density at radius 2 is 1.69 bits per heavy atom. The van der Waals surface area contributed by atoms with E-state index >= 15 is 0 Å². The zero-order chi connectivity index (χ0) is 26.4. The second-order valence-electron chi connectivity index (χ2n) is 9.61. The molecule has 5 N–H and O–H groups in total. The molecule has 9 heteroatoms. The molecule has 1 aliphatic rings. The first kappa shape index (κ1) is 27.2. The minimum Gasteiger partial charge on any atom is -0.508 e. The SMILES string of the molecule is CC(C)NC(=O)C(=N)N(C(=N)c1cc(C(C)C)c(O)cc1O)c1ccc(CCN2CCOCC2)cc1.